The molecule has 21 heavy (non-hydrogen) atoms. The zero-order chi connectivity index (χ0) is 15.1. The Bertz CT molecular complexity index is 629. The molecule has 2 rings (SSSR count). The minimum absolute atomic E-state index is 0.264. The summed E-state index contributed by atoms with van der Waals surface area (Å²) in [5.74, 6) is -0.538. The number of nitrogens with zero attached hydrogens (tertiary/aromatic N) is 1. The van der Waals surface area contributed by atoms with Gasteiger partial charge < -0.3 is 16.4 Å². The van der Waals surface area contributed by atoms with E-state index in [2.05, 4.69) is 15.6 Å². The van der Waals surface area contributed by atoms with E-state index >= 15 is 0 Å². The van der Waals surface area contributed by atoms with Gasteiger partial charge in [-0.15, -0.1) is 0 Å². The minimum atomic E-state index is -0.274. The Hall–Kier alpha value is -2.89. The Morgan fingerprint density at radius 1 is 0.952 bits per heavy atom. The van der Waals surface area contributed by atoms with Crippen molar-refractivity contribution in [2.24, 2.45) is 0 Å². The topological polar surface area (TPSA) is 97.1 Å². The summed E-state index contributed by atoms with van der Waals surface area (Å²) in [6, 6.07) is 11.9. The van der Waals surface area contributed by atoms with Gasteiger partial charge in [-0.25, -0.2) is 0 Å². The summed E-state index contributed by atoms with van der Waals surface area (Å²) < 4.78 is 0. The Morgan fingerprint density at radius 3 is 2.29 bits per heavy atom. The normalized spacial score (nSPS) is 9.90. The third-order valence-electron chi connectivity index (χ3n) is 2.80. The summed E-state index contributed by atoms with van der Waals surface area (Å²) >= 11 is 0. The molecule has 0 aliphatic carbocycles. The molecule has 0 atom stereocenters. The molecule has 0 radical (unpaired) electrons. The van der Waals surface area contributed by atoms with Crippen molar-refractivity contribution in [2.75, 3.05) is 18.8 Å². The van der Waals surface area contributed by atoms with E-state index in [0.29, 0.717) is 30.0 Å². The standard InChI is InChI=1S/C15H16N4O2/c16-12-6-2-1-5-11(12)14(20)18-9-10-19-15(21)13-7-3-4-8-17-13/h1-8H,9-10,16H2,(H,18,20)(H,19,21). The zero-order valence-corrected chi connectivity index (χ0v) is 11.4. The van der Waals surface area contributed by atoms with Crippen LogP contribution in [0.1, 0.15) is 20.8 Å². The van der Waals surface area contributed by atoms with E-state index in [-0.39, 0.29) is 11.8 Å². The first-order valence-electron chi connectivity index (χ1n) is 6.50. The van der Waals surface area contributed by atoms with Crippen LogP contribution in [0.3, 0.4) is 0 Å². The van der Waals surface area contributed by atoms with Gasteiger partial charge >= 0.3 is 0 Å². The Morgan fingerprint density at radius 2 is 1.62 bits per heavy atom. The summed E-state index contributed by atoms with van der Waals surface area (Å²) in [6.45, 7) is 0.625. The van der Waals surface area contributed by atoms with Crippen LogP contribution in [-0.4, -0.2) is 29.9 Å². The maximum atomic E-state index is 11.9. The van der Waals surface area contributed by atoms with E-state index in [0.717, 1.165) is 0 Å². The van der Waals surface area contributed by atoms with Gasteiger partial charge in [-0.3, -0.25) is 14.6 Å². The summed E-state index contributed by atoms with van der Waals surface area (Å²) in [7, 11) is 0. The monoisotopic (exact) mass is 284 g/mol. The molecule has 0 bridgehead atoms. The van der Waals surface area contributed by atoms with Crippen molar-refractivity contribution in [3.05, 3.63) is 59.9 Å². The molecule has 0 aliphatic heterocycles. The number of aromatic nitrogens is 1. The molecule has 0 aliphatic rings. The van der Waals surface area contributed by atoms with Gasteiger partial charge in [-0.2, -0.15) is 0 Å². The number of nitrogen functional groups attached to an aromatic ring is 1. The molecule has 0 unspecified atom stereocenters. The van der Waals surface area contributed by atoms with Crippen LogP contribution in [0, 0.1) is 0 Å². The van der Waals surface area contributed by atoms with Crippen LogP contribution in [0.2, 0.25) is 0 Å². The fourth-order valence-corrected chi connectivity index (χ4v) is 1.74. The average Bonchev–Trinajstić information content (AvgIpc) is 2.52. The molecule has 2 amide bonds. The summed E-state index contributed by atoms with van der Waals surface area (Å²) in [6.07, 6.45) is 1.55. The molecule has 0 fully saturated rings. The molecule has 2 aromatic rings. The molecule has 0 saturated carbocycles. The summed E-state index contributed by atoms with van der Waals surface area (Å²) in [4.78, 5) is 27.5. The number of pyridine rings is 1. The van der Waals surface area contributed by atoms with Crippen molar-refractivity contribution >= 4 is 17.5 Å². The summed E-state index contributed by atoms with van der Waals surface area (Å²) in [5.41, 5.74) is 6.90. The molecule has 1 aromatic heterocycles. The molecule has 6 nitrogen and oxygen atoms in total. The maximum Gasteiger partial charge on any atom is 0.269 e. The van der Waals surface area contributed by atoms with Gasteiger partial charge in [0.05, 0.1) is 5.56 Å². The van der Waals surface area contributed by atoms with Crippen LogP contribution in [0.5, 0.6) is 0 Å². The fourth-order valence-electron chi connectivity index (χ4n) is 1.74. The summed E-state index contributed by atoms with van der Waals surface area (Å²) in [5, 5.41) is 5.37. The van der Waals surface area contributed by atoms with Crippen LogP contribution < -0.4 is 16.4 Å². The smallest absolute Gasteiger partial charge is 0.269 e. The van der Waals surface area contributed by atoms with Crippen molar-refractivity contribution in [3.8, 4) is 0 Å². The Balaban J connectivity index is 1.76. The van der Waals surface area contributed by atoms with Crippen molar-refractivity contribution in [2.45, 2.75) is 0 Å². The first kappa shape index (κ1) is 14.5. The first-order valence-corrected chi connectivity index (χ1v) is 6.50. The highest BCUT2D eigenvalue weighted by molar-refractivity contribution is 5.99. The van der Waals surface area contributed by atoms with Crippen molar-refractivity contribution in [1.29, 1.82) is 0 Å². The van der Waals surface area contributed by atoms with Crippen LogP contribution in [0.4, 0.5) is 5.69 Å². The van der Waals surface area contributed by atoms with E-state index in [1.165, 1.54) is 0 Å². The van der Waals surface area contributed by atoms with Gasteiger partial charge in [-0.05, 0) is 24.3 Å². The number of hydrogen-bond donors (Lipinski definition) is 3. The number of carbonyl (C=O) groups is 2. The number of anilines is 1. The number of benzene rings is 1. The van der Waals surface area contributed by atoms with Crippen LogP contribution in [0.15, 0.2) is 48.7 Å². The molecule has 1 aromatic carbocycles. The molecule has 6 heteroatoms. The highest BCUT2D eigenvalue weighted by Gasteiger charge is 2.08. The lowest BCUT2D eigenvalue weighted by atomic mass is 10.1. The predicted octanol–water partition coefficient (Wildman–Crippen LogP) is 0.824. The molecular formula is C15H16N4O2. The van der Waals surface area contributed by atoms with Crippen molar-refractivity contribution < 1.29 is 9.59 Å². The van der Waals surface area contributed by atoms with Gasteiger partial charge in [0.1, 0.15) is 5.69 Å². The number of nitrogens with two attached hydrogens (primary N) is 1. The lowest BCUT2D eigenvalue weighted by Crippen LogP contribution is -2.35. The van der Waals surface area contributed by atoms with Gasteiger partial charge in [0.15, 0.2) is 0 Å². The van der Waals surface area contributed by atoms with Crippen LogP contribution >= 0.6 is 0 Å². The zero-order valence-electron chi connectivity index (χ0n) is 11.4. The van der Waals surface area contributed by atoms with Gasteiger partial charge in [-0.1, -0.05) is 18.2 Å². The molecule has 0 spiro atoms. The molecule has 0 saturated heterocycles. The third-order valence-corrected chi connectivity index (χ3v) is 2.80. The number of carbonyl (C=O) groups excluding carboxylic acids is 2. The SMILES string of the molecule is Nc1ccccc1C(=O)NCCNC(=O)c1ccccn1. The number of rotatable bonds is 5. The highest BCUT2D eigenvalue weighted by atomic mass is 16.2. The van der Waals surface area contributed by atoms with Crippen LogP contribution in [-0.2, 0) is 0 Å². The van der Waals surface area contributed by atoms with E-state index in [9.17, 15) is 9.59 Å². The second-order valence-electron chi connectivity index (χ2n) is 4.31. The van der Waals surface area contributed by atoms with E-state index in [1.807, 2.05) is 0 Å². The largest absolute Gasteiger partial charge is 0.398 e. The molecule has 1 heterocycles. The van der Waals surface area contributed by atoms with Gasteiger partial charge in [0.25, 0.3) is 11.8 Å². The number of amides is 2. The van der Waals surface area contributed by atoms with Crippen molar-refractivity contribution in [1.82, 2.24) is 15.6 Å². The number of nitrogens with one attached hydrogen (secondary N) is 2. The van der Waals surface area contributed by atoms with E-state index < -0.39 is 0 Å². The fraction of sp³-hybridized carbons (Fsp3) is 0.133. The van der Waals surface area contributed by atoms with Crippen LogP contribution in [0.25, 0.3) is 0 Å². The molecule has 4 N–H and O–H groups in total. The second kappa shape index (κ2) is 7.04. The van der Waals surface area contributed by atoms with Gasteiger partial charge in [0, 0.05) is 25.0 Å². The Kier molecular flexibility index (Phi) is 4.87. The van der Waals surface area contributed by atoms with Crippen molar-refractivity contribution in [3.63, 3.8) is 0 Å². The molecule has 108 valence electrons. The number of hydrogen-bond acceptors (Lipinski definition) is 4. The maximum absolute atomic E-state index is 11.9. The quantitative estimate of drug-likeness (QED) is 0.559. The van der Waals surface area contributed by atoms with E-state index in [1.54, 1.807) is 48.7 Å². The van der Waals surface area contributed by atoms with Gasteiger partial charge in [0.2, 0.25) is 0 Å². The highest BCUT2D eigenvalue weighted by Crippen LogP contribution is 2.09. The second-order valence-corrected chi connectivity index (χ2v) is 4.31. The lowest BCUT2D eigenvalue weighted by Gasteiger charge is -2.08. The average molecular weight is 284 g/mol. The first-order chi connectivity index (χ1) is 10.2. The Labute approximate surface area is 122 Å². The lowest BCUT2D eigenvalue weighted by molar-refractivity contribution is 0.0925. The number of para-hydroxylation sites is 1. The minimum Gasteiger partial charge on any atom is -0.398 e. The van der Waals surface area contributed by atoms with E-state index in [4.69, 9.17) is 5.73 Å². The third kappa shape index (κ3) is 4.04. The molecular weight excluding hydrogens is 268 g/mol. The predicted molar refractivity (Wildman–Crippen MR) is 79.8 cm³/mol.